The fraction of sp³-hybridized carbons (Fsp3) is 0.800. The SMILES string of the molecule is C=C1C[C@@H](C)[C@@H]2OC(C)(C)O[C@H]12. The van der Waals surface area contributed by atoms with E-state index in [0.717, 1.165) is 6.42 Å². The second kappa shape index (κ2) is 2.33. The summed E-state index contributed by atoms with van der Waals surface area (Å²) in [6.45, 7) is 10.1. The third-order valence-corrected chi connectivity index (χ3v) is 2.68. The van der Waals surface area contributed by atoms with Crippen LogP contribution in [-0.2, 0) is 9.47 Å². The van der Waals surface area contributed by atoms with Crippen molar-refractivity contribution in [2.75, 3.05) is 0 Å². The number of hydrogen-bond donors (Lipinski definition) is 0. The van der Waals surface area contributed by atoms with E-state index in [0.29, 0.717) is 5.92 Å². The Labute approximate surface area is 73.5 Å². The fourth-order valence-corrected chi connectivity index (χ4v) is 2.17. The monoisotopic (exact) mass is 168 g/mol. The first kappa shape index (κ1) is 8.27. The van der Waals surface area contributed by atoms with Gasteiger partial charge in [-0.3, -0.25) is 0 Å². The third kappa shape index (κ3) is 1.10. The van der Waals surface area contributed by atoms with Crippen LogP contribution in [0.5, 0.6) is 0 Å². The van der Waals surface area contributed by atoms with E-state index in [9.17, 15) is 0 Å². The average molecular weight is 168 g/mol. The molecule has 0 spiro atoms. The number of ether oxygens (including phenoxy) is 2. The highest BCUT2D eigenvalue weighted by atomic mass is 16.8. The summed E-state index contributed by atoms with van der Waals surface area (Å²) in [4.78, 5) is 0. The highest BCUT2D eigenvalue weighted by molar-refractivity contribution is 5.16. The lowest BCUT2D eigenvalue weighted by Gasteiger charge is -2.19. The van der Waals surface area contributed by atoms with Gasteiger partial charge in [-0.1, -0.05) is 13.5 Å². The molecule has 1 saturated carbocycles. The van der Waals surface area contributed by atoms with Crippen LogP contribution in [0.3, 0.4) is 0 Å². The van der Waals surface area contributed by atoms with Crippen molar-refractivity contribution in [2.24, 2.45) is 5.92 Å². The molecule has 1 aliphatic heterocycles. The largest absolute Gasteiger partial charge is 0.344 e. The van der Waals surface area contributed by atoms with Gasteiger partial charge in [-0.25, -0.2) is 0 Å². The standard InChI is InChI=1S/C10H16O2/c1-6-5-7(2)9-8(6)11-10(3,4)12-9/h7-9H,1,5H2,2-4H3/t7-,8-,9+/m1/s1. The van der Waals surface area contributed by atoms with Gasteiger partial charge in [-0.05, 0) is 31.8 Å². The molecular weight excluding hydrogens is 152 g/mol. The van der Waals surface area contributed by atoms with E-state index in [1.165, 1.54) is 5.57 Å². The average Bonchev–Trinajstić information content (AvgIpc) is 2.34. The van der Waals surface area contributed by atoms with Crippen LogP contribution in [0.1, 0.15) is 27.2 Å². The Morgan fingerprint density at radius 1 is 1.42 bits per heavy atom. The van der Waals surface area contributed by atoms with Gasteiger partial charge in [0, 0.05) is 0 Å². The minimum absolute atomic E-state index is 0.148. The molecule has 2 aliphatic rings. The second-order valence-electron chi connectivity index (χ2n) is 4.36. The molecule has 12 heavy (non-hydrogen) atoms. The summed E-state index contributed by atoms with van der Waals surface area (Å²) in [6.07, 6.45) is 1.44. The summed E-state index contributed by atoms with van der Waals surface area (Å²) < 4.78 is 11.5. The summed E-state index contributed by atoms with van der Waals surface area (Å²) in [5, 5.41) is 0. The molecule has 0 amide bonds. The van der Waals surface area contributed by atoms with Crippen molar-refractivity contribution >= 4 is 0 Å². The van der Waals surface area contributed by atoms with Crippen molar-refractivity contribution in [1.29, 1.82) is 0 Å². The van der Waals surface area contributed by atoms with Gasteiger partial charge in [0.15, 0.2) is 5.79 Å². The molecule has 0 aromatic carbocycles. The molecule has 0 aromatic heterocycles. The minimum atomic E-state index is -0.410. The smallest absolute Gasteiger partial charge is 0.164 e. The second-order valence-corrected chi connectivity index (χ2v) is 4.36. The van der Waals surface area contributed by atoms with Crippen molar-refractivity contribution in [3.63, 3.8) is 0 Å². The van der Waals surface area contributed by atoms with Crippen LogP contribution in [0.15, 0.2) is 12.2 Å². The normalized spacial score (nSPS) is 44.9. The Morgan fingerprint density at radius 2 is 2.08 bits per heavy atom. The third-order valence-electron chi connectivity index (χ3n) is 2.68. The van der Waals surface area contributed by atoms with E-state index in [2.05, 4.69) is 13.5 Å². The first-order valence-corrected chi connectivity index (χ1v) is 4.53. The Kier molecular flexibility index (Phi) is 1.61. The number of hydrogen-bond acceptors (Lipinski definition) is 2. The summed E-state index contributed by atoms with van der Waals surface area (Å²) in [5.74, 6) is 0.150. The lowest BCUT2D eigenvalue weighted by molar-refractivity contribution is -0.151. The summed E-state index contributed by atoms with van der Waals surface area (Å²) in [6, 6.07) is 0. The molecule has 0 bridgehead atoms. The molecule has 3 atom stereocenters. The van der Waals surface area contributed by atoms with Gasteiger partial charge in [0.1, 0.15) is 6.10 Å². The molecule has 1 saturated heterocycles. The fourth-order valence-electron chi connectivity index (χ4n) is 2.17. The zero-order valence-electron chi connectivity index (χ0n) is 7.96. The van der Waals surface area contributed by atoms with Crippen LogP contribution in [0, 0.1) is 5.92 Å². The molecule has 0 radical (unpaired) electrons. The van der Waals surface area contributed by atoms with Gasteiger partial charge in [-0.15, -0.1) is 0 Å². The van der Waals surface area contributed by atoms with Crippen molar-refractivity contribution < 1.29 is 9.47 Å². The zero-order chi connectivity index (χ0) is 8.93. The highest BCUT2D eigenvalue weighted by Gasteiger charge is 2.49. The van der Waals surface area contributed by atoms with Crippen LogP contribution in [0.25, 0.3) is 0 Å². The summed E-state index contributed by atoms with van der Waals surface area (Å²) in [7, 11) is 0. The molecule has 1 aliphatic carbocycles. The number of fused-ring (bicyclic) bond motifs is 1. The quantitative estimate of drug-likeness (QED) is 0.516. The Bertz CT molecular complexity index is 220. The van der Waals surface area contributed by atoms with Gasteiger partial charge in [-0.2, -0.15) is 0 Å². The summed E-state index contributed by atoms with van der Waals surface area (Å²) in [5.41, 5.74) is 1.19. The lowest BCUT2D eigenvalue weighted by Crippen LogP contribution is -2.23. The zero-order valence-corrected chi connectivity index (χ0v) is 7.96. The lowest BCUT2D eigenvalue weighted by atomic mass is 10.1. The van der Waals surface area contributed by atoms with Gasteiger partial charge in [0.2, 0.25) is 0 Å². The van der Waals surface area contributed by atoms with Crippen molar-refractivity contribution in [3.8, 4) is 0 Å². The highest BCUT2D eigenvalue weighted by Crippen LogP contribution is 2.43. The predicted octanol–water partition coefficient (Wildman–Crippen LogP) is 2.10. The van der Waals surface area contributed by atoms with E-state index >= 15 is 0 Å². The van der Waals surface area contributed by atoms with Crippen LogP contribution in [0.4, 0.5) is 0 Å². The minimum Gasteiger partial charge on any atom is -0.344 e. The number of rotatable bonds is 0. The van der Waals surface area contributed by atoms with Crippen LogP contribution in [-0.4, -0.2) is 18.0 Å². The maximum Gasteiger partial charge on any atom is 0.164 e. The van der Waals surface area contributed by atoms with Gasteiger partial charge >= 0.3 is 0 Å². The van der Waals surface area contributed by atoms with Gasteiger partial charge in [0.25, 0.3) is 0 Å². The Balaban J connectivity index is 2.20. The van der Waals surface area contributed by atoms with E-state index < -0.39 is 5.79 Å². The van der Waals surface area contributed by atoms with Crippen molar-refractivity contribution in [3.05, 3.63) is 12.2 Å². The molecule has 2 fully saturated rings. The Hall–Kier alpha value is -0.340. The van der Waals surface area contributed by atoms with E-state index in [1.54, 1.807) is 0 Å². The Morgan fingerprint density at radius 3 is 2.67 bits per heavy atom. The van der Waals surface area contributed by atoms with Gasteiger partial charge < -0.3 is 9.47 Å². The van der Waals surface area contributed by atoms with Crippen molar-refractivity contribution in [2.45, 2.75) is 45.2 Å². The topological polar surface area (TPSA) is 18.5 Å². The van der Waals surface area contributed by atoms with Crippen LogP contribution < -0.4 is 0 Å². The van der Waals surface area contributed by atoms with Crippen LogP contribution in [0.2, 0.25) is 0 Å². The molecule has 2 heteroatoms. The first-order valence-electron chi connectivity index (χ1n) is 4.53. The molecular formula is C10H16O2. The van der Waals surface area contributed by atoms with E-state index in [4.69, 9.17) is 9.47 Å². The van der Waals surface area contributed by atoms with E-state index in [1.807, 2.05) is 13.8 Å². The molecule has 0 aromatic rings. The van der Waals surface area contributed by atoms with Crippen LogP contribution >= 0.6 is 0 Å². The molecule has 0 N–H and O–H groups in total. The predicted molar refractivity (Wildman–Crippen MR) is 46.7 cm³/mol. The van der Waals surface area contributed by atoms with E-state index in [-0.39, 0.29) is 12.2 Å². The molecule has 0 unspecified atom stereocenters. The summed E-state index contributed by atoms with van der Waals surface area (Å²) >= 11 is 0. The first-order chi connectivity index (χ1) is 5.49. The molecule has 68 valence electrons. The molecule has 1 heterocycles. The maximum atomic E-state index is 5.77. The molecule has 2 rings (SSSR count). The molecule has 2 nitrogen and oxygen atoms in total. The van der Waals surface area contributed by atoms with Gasteiger partial charge in [0.05, 0.1) is 6.10 Å². The maximum absolute atomic E-state index is 5.77. The van der Waals surface area contributed by atoms with Crippen molar-refractivity contribution in [1.82, 2.24) is 0 Å².